The second-order valence-corrected chi connectivity index (χ2v) is 5.38. The lowest BCUT2D eigenvalue weighted by atomic mass is 10.3. The van der Waals surface area contributed by atoms with Crippen LogP contribution in [0.15, 0.2) is 18.2 Å². The molecule has 1 aliphatic heterocycles. The number of benzene rings is 1. The van der Waals surface area contributed by atoms with Crippen molar-refractivity contribution in [1.82, 2.24) is 4.90 Å². The molecule has 0 bridgehead atoms. The quantitative estimate of drug-likeness (QED) is 0.847. The van der Waals surface area contributed by atoms with Crippen LogP contribution in [0, 0.1) is 0 Å². The number of ether oxygens (including phenoxy) is 2. The van der Waals surface area contributed by atoms with Gasteiger partial charge in [-0.05, 0) is 18.2 Å². The van der Waals surface area contributed by atoms with Crippen LogP contribution in [0.4, 0.5) is 4.79 Å². The second kappa shape index (κ2) is 6.59. The molecule has 1 aromatic carbocycles. The van der Waals surface area contributed by atoms with Gasteiger partial charge in [-0.25, -0.2) is 4.79 Å². The minimum atomic E-state index is -0.327. The minimum absolute atomic E-state index is 0.114. The van der Waals surface area contributed by atoms with Gasteiger partial charge in [-0.15, -0.1) is 0 Å². The molecule has 1 atom stereocenters. The molecule has 0 aliphatic carbocycles. The summed E-state index contributed by atoms with van der Waals surface area (Å²) < 4.78 is 10.6. The lowest BCUT2D eigenvalue weighted by Gasteiger charge is -2.20. The van der Waals surface area contributed by atoms with E-state index in [1.54, 1.807) is 23.1 Å². The summed E-state index contributed by atoms with van der Waals surface area (Å²) in [7, 11) is 0. The van der Waals surface area contributed by atoms with E-state index in [1.807, 2.05) is 0 Å². The Bertz CT molecular complexity index is 452. The molecule has 4 nitrogen and oxygen atoms in total. The molecule has 1 aliphatic rings. The summed E-state index contributed by atoms with van der Waals surface area (Å²) in [6.07, 6.45) is -0.327. The van der Waals surface area contributed by atoms with Crippen molar-refractivity contribution in [3.05, 3.63) is 28.2 Å². The summed E-state index contributed by atoms with van der Waals surface area (Å²) in [6.45, 7) is 1.18. The predicted molar refractivity (Wildman–Crippen MR) is 77.7 cm³/mol. The first-order chi connectivity index (χ1) is 9.10. The lowest BCUT2D eigenvalue weighted by Crippen LogP contribution is -2.39. The molecule has 0 saturated carbocycles. The number of cyclic esters (lactones) is 1. The maximum absolute atomic E-state index is 11.5. The Labute approximate surface area is 127 Å². The second-order valence-electron chi connectivity index (χ2n) is 4.06. The zero-order valence-corrected chi connectivity index (χ0v) is 12.4. The third-order valence-electron chi connectivity index (χ3n) is 2.69. The zero-order chi connectivity index (χ0) is 13.8. The van der Waals surface area contributed by atoms with Crippen molar-refractivity contribution in [2.45, 2.75) is 6.04 Å². The van der Waals surface area contributed by atoms with Crippen LogP contribution in [-0.2, 0) is 4.74 Å². The van der Waals surface area contributed by atoms with Gasteiger partial charge in [0.05, 0.1) is 0 Å². The number of carbonyl (C=O) groups excluding carboxylic acids is 1. The molecule has 1 fully saturated rings. The third-order valence-corrected chi connectivity index (χ3v) is 3.33. The van der Waals surface area contributed by atoms with Crippen molar-refractivity contribution < 1.29 is 14.3 Å². The normalized spacial score (nSPS) is 18.6. The standard InChI is InChI=1S/C12H13Cl2NO3S/c13-8-3-9(14)5-11(4-8)17-6-10-7-18-12(16)15(10)1-2-19/h3-5,10,19H,1-2,6-7H2/t10-/m0/s1. The molecule has 0 N–H and O–H groups in total. The van der Waals surface area contributed by atoms with Crippen LogP contribution < -0.4 is 4.74 Å². The minimum Gasteiger partial charge on any atom is -0.491 e. The fraction of sp³-hybridized carbons (Fsp3) is 0.417. The summed E-state index contributed by atoms with van der Waals surface area (Å²) in [4.78, 5) is 13.1. The topological polar surface area (TPSA) is 38.8 Å². The van der Waals surface area contributed by atoms with E-state index in [9.17, 15) is 4.79 Å². The number of rotatable bonds is 5. The van der Waals surface area contributed by atoms with Crippen molar-refractivity contribution in [3.63, 3.8) is 0 Å². The highest BCUT2D eigenvalue weighted by Crippen LogP contribution is 2.25. The molecule has 2 rings (SSSR count). The van der Waals surface area contributed by atoms with Gasteiger partial charge in [-0.2, -0.15) is 12.6 Å². The highest BCUT2D eigenvalue weighted by atomic mass is 35.5. The van der Waals surface area contributed by atoms with Crippen molar-refractivity contribution in [1.29, 1.82) is 0 Å². The van der Waals surface area contributed by atoms with E-state index >= 15 is 0 Å². The highest BCUT2D eigenvalue weighted by Gasteiger charge is 2.32. The number of nitrogens with zero attached hydrogens (tertiary/aromatic N) is 1. The van der Waals surface area contributed by atoms with E-state index in [4.69, 9.17) is 32.7 Å². The Kier molecular flexibility index (Phi) is 5.07. The highest BCUT2D eigenvalue weighted by molar-refractivity contribution is 7.80. The molecular formula is C12H13Cl2NO3S. The Morgan fingerprint density at radius 1 is 1.37 bits per heavy atom. The number of hydrogen-bond donors (Lipinski definition) is 1. The molecule has 7 heteroatoms. The first-order valence-corrected chi connectivity index (χ1v) is 7.12. The molecule has 19 heavy (non-hydrogen) atoms. The molecule has 1 amide bonds. The summed E-state index contributed by atoms with van der Waals surface area (Å²) in [5.41, 5.74) is 0. The number of thiol groups is 1. The van der Waals surface area contributed by atoms with Crippen molar-refractivity contribution in [2.75, 3.05) is 25.5 Å². The number of halogens is 2. The Hall–Kier alpha value is -0.780. The van der Waals surface area contributed by atoms with Gasteiger partial charge in [0.15, 0.2) is 0 Å². The van der Waals surface area contributed by atoms with Crippen molar-refractivity contribution in [2.24, 2.45) is 0 Å². The van der Waals surface area contributed by atoms with Crippen LogP contribution in [0.1, 0.15) is 0 Å². The number of hydrogen-bond acceptors (Lipinski definition) is 4. The molecule has 0 unspecified atom stereocenters. The predicted octanol–water partition coefficient (Wildman–Crippen LogP) is 3.12. The Balaban J connectivity index is 1.96. The monoisotopic (exact) mass is 321 g/mol. The number of amides is 1. The average molecular weight is 322 g/mol. The lowest BCUT2D eigenvalue weighted by molar-refractivity contribution is 0.157. The summed E-state index contributed by atoms with van der Waals surface area (Å²) in [6, 6.07) is 4.87. The molecule has 1 aromatic rings. The summed E-state index contributed by atoms with van der Waals surface area (Å²) >= 11 is 15.9. The van der Waals surface area contributed by atoms with Crippen LogP contribution >= 0.6 is 35.8 Å². The maximum atomic E-state index is 11.5. The van der Waals surface area contributed by atoms with Crippen LogP contribution in [-0.4, -0.2) is 42.5 Å². The van der Waals surface area contributed by atoms with Crippen LogP contribution in [0.25, 0.3) is 0 Å². The van der Waals surface area contributed by atoms with Gasteiger partial charge in [0.25, 0.3) is 0 Å². The van der Waals surface area contributed by atoms with Crippen molar-refractivity contribution in [3.8, 4) is 5.75 Å². The fourth-order valence-corrected chi connectivity index (χ4v) is 2.53. The first-order valence-electron chi connectivity index (χ1n) is 5.73. The molecule has 0 aromatic heterocycles. The number of carbonyl (C=O) groups is 1. The Morgan fingerprint density at radius 3 is 2.68 bits per heavy atom. The third kappa shape index (κ3) is 3.84. The van der Waals surface area contributed by atoms with E-state index in [2.05, 4.69) is 12.6 Å². The SMILES string of the molecule is O=C1OC[C@H](COc2cc(Cl)cc(Cl)c2)N1CCS. The molecule has 104 valence electrons. The van der Waals surface area contributed by atoms with E-state index < -0.39 is 0 Å². The average Bonchev–Trinajstić information content (AvgIpc) is 2.68. The molecule has 0 radical (unpaired) electrons. The summed E-state index contributed by atoms with van der Waals surface area (Å²) in [5.74, 6) is 1.15. The van der Waals surface area contributed by atoms with Gasteiger partial charge < -0.3 is 9.47 Å². The zero-order valence-electron chi connectivity index (χ0n) is 10.0. The summed E-state index contributed by atoms with van der Waals surface area (Å²) in [5, 5.41) is 1.02. The van der Waals surface area contributed by atoms with Crippen LogP contribution in [0.5, 0.6) is 5.75 Å². The first kappa shape index (κ1) is 14.6. The molecule has 1 heterocycles. The maximum Gasteiger partial charge on any atom is 0.410 e. The van der Waals surface area contributed by atoms with E-state index in [0.717, 1.165) is 0 Å². The molecule has 0 spiro atoms. The smallest absolute Gasteiger partial charge is 0.410 e. The van der Waals surface area contributed by atoms with Crippen LogP contribution in [0.2, 0.25) is 10.0 Å². The van der Waals surface area contributed by atoms with E-state index in [0.29, 0.717) is 41.3 Å². The Morgan fingerprint density at radius 2 is 2.05 bits per heavy atom. The molecular weight excluding hydrogens is 309 g/mol. The van der Waals surface area contributed by atoms with Gasteiger partial charge >= 0.3 is 6.09 Å². The van der Waals surface area contributed by atoms with Gasteiger partial charge in [-0.3, -0.25) is 4.90 Å². The largest absolute Gasteiger partial charge is 0.491 e. The van der Waals surface area contributed by atoms with Gasteiger partial charge in [0.1, 0.15) is 25.0 Å². The van der Waals surface area contributed by atoms with Crippen molar-refractivity contribution >= 4 is 41.9 Å². The fourth-order valence-electron chi connectivity index (χ4n) is 1.81. The van der Waals surface area contributed by atoms with E-state index in [1.165, 1.54) is 0 Å². The molecule has 1 saturated heterocycles. The van der Waals surface area contributed by atoms with Crippen LogP contribution in [0.3, 0.4) is 0 Å². The van der Waals surface area contributed by atoms with E-state index in [-0.39, 0.29) is 12.1 Å². The van der Waals surface area contributed by atoms with Gasteiger partial charge in [-0.1, -0.05) is 23.2 Å². The van der Waals surface area contributed by atoms with Gasteiger partial charge in [0.2, 0.25) is 0 Å². The van der Waals surface area contributed by atoms with Gasteiger partial charge in [0, 0.05) is 22.3 Å².